The van der Waals surface area contributed by atoms with Crippen molar-refractivity contribution in [3.63, 3.8) is 0 Å². The zero-order valence-corrected chi connectivity index (χ0v) is 10.5. The summed E-state index contributed by atoms with van der Waals surface area (Å²) in [5.74, 6) is 0. The highest BCUT2D eigenvalue weighted by atomic mass is 16.6. The Morgan fingerprint density at radius 1 is 1.27 bits per heavy atom. The van der Waals surface area contributed by atoms with E-state index in [2.05, 4.69) is 20.8 Å². The molecule has 0 amide bonds. The first-order chi connectivity index (χ1) is 7.10. The van der Waals surface area contributed by atoms with Gasteiger partial charge in [0, 0.05) is 6.61 Å². The van der Waals surface area contributed by atoms with E-state index in [9.17, 15) is 0 Å². The second-order valence-corrected chi connectivity index (χ2v) is 4.55. The molecule has 1 aliphatic heterocycles. The fourth-order valence-electron chi connectivity index (χ4n) is 1.62. The van der Waals surface area contributed by atoms with Gasteiger partial charge in [0.15, 0.2) is 0 Å². The molecule has 1 heterocycles. The van der Waals surface area contributed by atoms with Crippen molar-refractivity contribution < 1.29 is 14.2 Å². The summed E-state index contributed by atoms with van der Waals surface area (Å²) in [6.07, 6.45) is 1.99. The standard InChI is InChI=1S/C12H24O3/c1-5-11(4,14-7-3)8-15-12(6-2)9-13-10-12/h5-10H2,1-4H3. The zero-order chi connectivity index (χ0) is 11.4. The summed E-state index contributed by atoms with van der Waals surface area (Å²) in [6, 6.07) is 0. The molecule has 3 heteroatoms. The topological polar surface area (TPSA) is 27.7 Å². The van der Waals surface area contributed by atoms with E-state index in [4.69, 9.17) is 14.2 Å². The molecule has 1 aliphatic rings. The van der Waals surface area contributed by atoms with E-state index in [-0.39, 0.29) is 11.2 Å². The van der Waals surface area contributed by atoms with Crippen molar-refractivity contribution in [1.29, 1.82) is 0 Å². The lowest BCUT2D eigenvalue weighted by atomic mass is 9.97. The van der Waals surface area contributed by atoms with E-state index in [0.717, 1.165) is 32.7 Å². The van der Waals surface area contributed by atoms with Crippen LogP contribution in [-0.2, 0) is 14.2 Å². The van der Waals surface area contributed by atoms with E-state index in [1.54, 1.807) is 0 Å². The highest BCUT2D eigenvalue weighted by Crippen LogP contribution is 2.28. The molecular formula is C12H24O3. The van der Waals surface area contributed by atoms with Crippen LogP contribution in [0.3, 0.4) is 0 Å². The minimum absolute atomic E-state index is 0.0342. The summed E-state index contributed by atoms with van der Waals surface area (Å²) in [5, 5.41) is 0. The van der Waals surface area contributed by atoms with Gasteiger partial charge in [0.2, 0.25) is 0 Å². The summed E-state index contributed by atoms with van der Waals surface area (Å²) in [7, 11) is 0. The maximum atomic E-state index is 5.97. The molecule has 0 N–H and O–H groups in total. The van der Waals surface area contributed by atoms with Crippen molar-refractivity contribution in [2.75, 3.05) is 26.4 Å². The molecule has 3 nitrogen and oxygen atoms in total. The summed E-state index contributed by atoms with van der Waals surface area (Å²) >= 11 is 0. The third kappa shape index (κ3) is 3.16. The minimum atomic E-state index is -0.146. The quantitative estimate of drug-likeness (QED) is 0.654. The Morgan fingerprint density at radius 3 is 2.27 bits per heavy atom. The second-order valence-electron chi connectivity index (χ2n) is 4.55. The van der Waals surface area contributed by atoms with Gasteiger partial charge in [0.1, 0.15) is 5.60 Å². The molecule has 0 aromatic rings. The molecular weight excluding hydrogens is 192 g/mol. The van der Waals surface area contributed by atoms with Crippen molar-refractivity contribution in [2.24, 2.45) is 0 Å². The Morgan fingerprint density at radius 2 is 1.93 bits per heavy atom. The summed E-state index contributed by atoms with van der Waals surface area (Å²) in [4.78, 5) is 0. The van der Waals surface area contributed by atoms with Crippen molar-refractivity contribution in [3.8, 4) is 0 Å². The van der Waals surface area contributed by atoms with Crippen molar-refractivity contribution >= 4 is 0 Å². The van der Waals surface area contributed by atoms with E-state index >= 15 is 0 Å². The molecule has 1 rings (SSSR count). The van der Waals surface area contributed by atoms with Crippen LogP contribution in [-0.4, -0.2) is 37.6 Å². The van der Waals surface area contributed by atoms with Gasteiger partial charge in [0.05, 0.1) is 25.4 Å². The van der Waals surface area contributed by atoms with Gasteiger partial charge in [-0.15, -0.1) is 0 Å². The van der Waals surface area contributed by atoms with Gasteiger partial charge in [-0.1, -0.05) is 13.8 Å². The molecule has 0 aromatic carbocycles. The number of hydrogen-bond donors (Lipinski definition) is 0. The van der Waals surface area contributed by atoms with Gasteiger partial charge >= 0.3 is 0 Å². The fourth-order valence-corrected chi connectivity index (χ4v) is 1.62. The van der Waals surface area contributed by atoms with Crippen molar-refractivity contribution in [3.05, 3.63) is 0 Å². The van der Waals surface area contributed by atoms with Gasteiger partial charge in [-0.05, 0) is 26.7 Å². The second kappa shape index (κ2) is 5.28. The first-order valence-electron chi connectivity index (χ1n) is 5.95. The van der Waals surface area contributed by atoms with E-state index in [1.807, 2.05) is 6.92 Å². The first kappa shape index (κ1) is 12.9. The third-order valence-electron chi connectivity index (χ3n) is 3.30. The normalized spacial score (nSPS) is 23.2. The predicted octanol–water partition coefficient (Wildman–Crippen LogP) is 2.39. The Kier molecular flexibility index (Phi) is 4.56. The number of hydrogen-bond acceptors (Lipinski definition) is 3. The summed E-state index contributed by atoms with van der Waals surface area (Å²) < 4.78 is 16.9. The van der Waals surface area contributed by atoms with Gasteiger partial charge in [-0.2, -0.15) is 0 Å². The van der Waals surface area contributed by atoms with Crippen LogP contribution in [0.5, 0.6) is 0 Å². The highest BCUT2D eigenvalue weighted by Gasteiger charge is 2.39. The van der Waals surface area contributed by atoms with Crippen LogP contribution in [0.2, 0.25) is 0 Å². The molecule has 90 valence electrons. The van der Waals surface area contributed by atoms with Gasteiger partial charge < -0.3 is 14.2 Å². The van der Waals surface area contributed by atoms with E-state index in [0.29, 0.717) is 6.61 Å². The molecule has 1 unspecified atom stereocenters. The van der Waals surface area contributed by atoms with Crippen LogP contribution < -0.4 is 0 Å². The Balaban J connectivity index is 2.39. The molecule has 1 fully saturated rings. The maximum Gasteiger partial charge on any atom is 0.114 e. The highest BCUT2D eigenvalue weighted by molar-refractivity contribution is 4.87. The number of rotatable bonds is 7. The molecule has 0 aliphatic carbocycles. The van der Waals surface area contributed by atoms with Crippen LogP contribution in [0.4, 0.5) is 0 Å². The molecule has 15 heavy (non-hydrogen) atoms. The molecule has 0 aromatic heterocycles. The largest absolute Gasteiger partial charge is 0.375 e. The Bertz CT molecular complexity index is 184. The minimum Gasteiger partial charge on any atom is -0.375 e. The maximum absolute atomic E-state index is 5.97. The zero-order valence-electron chi connectivity index (χ0n) is 10.5. The smallest absolute Gasteiger partial charge is 0.114 e. The number of ether oxygens (including phenoxy) is 3. The third-order valence-corrected chi connectivity index (χ3v) is 3.30. The predicted molar refractivity (Wildman–Crippen MR) is 60.1 cm³/mol. The Labute approximate surface area is 93.1 Å². The molecule has 0 radical (unpaired) electrons. The van der Waals surface area contributed by atoms with Crippen molar-refractivity contribution in [1.82, 2.24) is 0 Å². The molecule has 0 saturated carbocycles. The van der Waals surface area contributed by atoms with Crippen LogP contribution in [0.15, 0.2) is 0 Å². The van der Waals surface area contributed by atoms with E-state index in [1.165, 1.54) is 0 Å². The molecule has 0 bridgehead atoms. The van der Waals surface area contributed by atoms with Gasteiger partial charge in [0.25, 0.3) is 0 Å². The summed E-state index contributed by atoms with van der Waals surface area (Å²) in [6.45, 7) is 11.3. The van der Waals surface area contributed by atoms with E-state index < -0.39 is 0 Å². The van der Waals surface area contributed by atoms with Crippen LogP contribution >= 0.6 is 0 Å². The lowest BCUT2D eigenvalue weighted by molar-refractivity contribution is -0.234. The van der Waals surface area contributed by atoms with Crippen molar-refractivity contribution in [2.45, 2.75) is 51.7 Å². The molecule has 0 spiro atoms. The van der Waals surface area contributed by atoms with Crippen LogP contribution in [0.25, 0.3) is 0 Å². The molecule has 1 saturated heterocycles. The monoisotopic (exact) mass is 216 g/mol. The lowest BCUT2D eigenvalue weighted by Gasteiger charge is -2.43. The summed E-state index contributed by atoms with van der Waals surface area (Å²) in [5.41, 5.74) is -0.181. The van der Waals surface area contributed by atoms with Crippen LogP contribution in [0, 0.1) is 0 Å². The van der Waals surface area contributed by atoms with Gasteiger partial charge in [-0.25, -0.2) is 0 Å². The first-order valence-corrected chi connectivity index (χ1v) is 5.95. The van der Waals surface area contributed by atoms with Gasteiger partial charge in [-0.3, -0.25) is 0 Å². The lowest BCUT2D eigenvalue weighted by Crippen LogP contribution is -2.53. The van der Waals surface area contributed by atoms with Crippen LogP contribution in [0.1, 0.15) is 40.5 Å². The molecule has 1 atom stereocenters. The average molecular weight is 216 g/mol. The average Bonchev–Trinajstić information content (AvgIpc) is 2.17. The SMILES string of the molecule is CCOC(C)(CC)COC1(CC)COC1. The Hall–Kier alpha value is -0.120. The fraction of sp³-hybridized carbons (Fsp3) is 1.00.